The Kier molecular flexibility index (Phi) is 4.47. The van der Waals surface area contributed by atoms with Gasteiger partial charge in [-0.15, -0.1) is 0 Å². The van der Waals surface area contributed by atoms with Crippen molar-refractivity contribution in [2.45, 2.75) is 13.0 Å². The fourth-order valence-corrected chi connectivity index (χ4v) is 3.28. The maximum atomic E-state index is 13.0. The molecule has 1 aromatic heterocycles. The molecule has 29 heavy (non-hydrogen) atoms. The number of fused-ring (bicyclic) bond motifs is 1. The van der Waals surface area contributed by atoms with Gasteiger partial charge in [0.1, 0.15) is 0 Å². The van der Waals surface area contributed by atoms with Crippen LogP contribution in [-0.2, 0) is 4.79 Å². The molecule has 0 aliphatic carbocycles. The highest BCUT2D eigenvalue weighted by atomic mass is 16.4. The van der Waals surface area contributed by atoms with Crippen molar-refractivity contribution in [3.63, 3.8) is 0 Å². The van der Waals surface area contributed by atoms with E-state index in [9.17, 15) is 14.4 Å². The molecule has 0 fully saturated rings. The Morgan fingerprint density at radius 2 is 1.90 bits per heavy atom. The van der Waals surface area contributed by atoms with E-state index in [4.69, 9.17) is 5.11 Å². The molecule has 1 aliphatic rings. The lowest BCUT2D eigenvalue weighted by Gasteiger charge is -2.28. The number of aromatic carboxylic acids is 1. The highest BCUT2D eigenvalue weighted by Crippen LogP contribution is 2.28. The summed E-state index contributed by atoms with van der Waals surface area (Å²) < 4.78 is 0. The molecule has 0 saturated carbocycles. The first-order valence-electron chi connectivity index (χ1n) is 8.78. The van der Waals surface area contributed by atoms with E-state index >= 15 is 0 Å². The van der Waals surface area contributed by atoms with Crippen LogP contribution in [0, 0.1) is 0 Å². The van der Waals surface area contributed by atoms with Crippen molar-refractivity contribution in [3.05, 3.63) is 71.1 Å². The summed E-state index contributed by atoms with van der Waals surface area (Å²) in [6, 6.07) is 10.2. The summed E-state index contributed by atoms with van der Waals surface area (Å²) in [5.41, 5.74) is 2.90. The fourth-order valence-electron chi connectivity index (χ4n) is 3.28. The van der Waals surface area contributed by atoms with Crippen molar-refractivity contribution < 1.29 is 19.5 Å². The van der Waals surface area contributed by atoms with Gasteiger partial charge in [0.2, 0.25) is 0 Å². The zero-order valence-electron chi connectivity index (χ0n) is 15.3. The molecular weight excluding hydrogens is 374 g/mol. The molecule has 4 rings (SSSR count). The van der Waals surface area contributed by atoms with Crippen LogP contribution in [0.4, 0.5) is 10.5 Å². The van der Waals surface area contributed by atoms with Crippen LogP contribution in [0.25, 0.3) is 10.9 Å². The van der Waals surface area contributed by atoms with E-state index in [0.717, 1.165) is 10.9 Å². The molecule has 0 radical (unpaired) electrons. The number of nitrogens with zero attached hydrogens (tertiary/aromatic N) is 1. The topological polar surface area (TPSA) is 136 Å². The third kappa shape index (κ3) is 3.53. The second-order valence-corrected chi connectivity index (χ2v) is 6.62. The summed E-state index contributed by atoms with van der Waals surface area (Å²) in [7, 11) is 0. The van der Waals surface area contributed by atoms with Crippen LogP contribution in [0.5, 0.6) is 0 Å². The van der Waals surface area contributed by atoms with Gasteiger partial charge in [0, 0.05) is 16.8 Å². The lowest BCUT2D eigenvalue weighted by molar-refractivity contribution is -0.113. The number of carboxylic acids is 1. The normalized spacial score (nSPS) is 16.3. The number of allylic oxidation sites excluding steroid dienone is 1. The van der Waals surface area contributed by atoms with Crippen LogP contribution in [0.1, 0.15) is 28.9 Å². The number of aromatic nitrogens is 2. The largest absolute Gasteiger partial charge is 0.478 e. The molecule has 0 bridgehead atoms. The number of carboxylic acid groups (broad SMARTS) is 1. The first-order chi connectivity index (χ1) is 13.9. The van der Waals surface area contributed by atoms with Crippen LogP contribution in [0.2, 0.25) is 0 Å². The predicted molar refractivity (Wildman–Crippen MR) is 105 cm³/mol. The van der Waals surface area contributed by atoms with E-state index in [0.29, 0.717) is 22.5 Å². The summed E-state index contributed by atoms with van der Waals surface area (Å²) in [4.78, 5) is 36.1. The number of H-pyrrole nitrogens is 1. The van der Waals surface area contributed by atoms with Gasteiger partial charge in [-0.25, -0.2) is 9.59 Å². The second kappa shape index (κ2) is 7.12. The highest BCUT2D eigenvalue weighted by molar-refractivity contribution is 6.07. The molecule has 2 aromatic carbocycles. The lowest BCUT2D eigenvalue weighted by Crippen LogP contribution is -2.45. The maximum Gasteiger partial charge on any atom is 0.335 e. The Hall–Kier alpha value is -4.14. The number of rotatable bonds is 4. The average molecular weight is 391 g/mol. The van der Waals surface area contributed by atoms with Gasteiger partial charge >= 0.3 is 12.0 Å². The third-order valence-corrected chi connectivity index (χ3v) is 4.70. The summed E-state index contributed by atoms with van der Waals surface area (Å²) in [6.45, 7) is 1.64. The quantitative estimate of drug-likeness (QED) is 0.466. The Bertz CT molecular complexity index is 1160. The lowest BCUT2D eigenvalue weighted by atomic mass is 9.94. The van der Waals surface area contributed by atoms with Gasteiger partial charge in [-0.05, 0) is 42.8 Å². The number of carbonyl (C=O) groups excluding carboxylic acids is 2. The zero-order chi connectivity index (χ0) is 20.5. The summed E-state index contributed by atoms with van der Waals surface area (Å²) >= 11 is 0. The Balaban J connectivity index is 1.65. The van der Waals surface area contributed by atoms with E-state index in [1.54, 1.807) is 37.4 Å². The first-order valence-corrected chi connectivity index (χ1v) is 8.78. The van der Waals surface area contributed by atoms with E-state index in [-0.39, 0.29) is 11.5 Å². The number of amides is 3. The number of carbonyl (C=O) groups is 3. The molecule has 1 unspecified atom stereocenters. The maximum absolute atomic E-state index is 13.0. The Labute approximate surface area is 164 Å². The van der Waals surface area contributed by atoms with Gasteiger partial charge in [-0.1, -0.05) is 12.1 Å². The van der Waals surface area contributed by atoms with E-state index < -0.39 is 18.0 Å². The van der Waals surface area contributed by atoms with Gasteiger partial charge in [-0.2, -0.15) is 5.10 Å². The molecular formula is C20H17N5O4. The van der Waals surface area contributed by atoms with Gasteiger partial charge in [-0.3, -0.25) is 9.89 Å². The average Bonchev–Trinajstić information content (AvgIpc) is 3.15. The minimum absolute atomic E-state index is 0.120. The monoisotopic (exact) mass is 391 g/mol. The molecule has 0 saturated heterocycles. The van der Waals surface area contributed by atoms with Gasteiger partial charge in [0.05, 0.1) is 28.9 Å². The van der Waals surface area contributed by atoms with Crippen LogP contribution in [-0.4, -0.2) is 33.2 Å². The van der Waals surface area contributed by atoms with E-state index in [1.165, 1.54) is 12.1 Å². The van der Waals surface area contributed by atoms with E-state index in [2.05, 4.69) is 26.1 Å². The summed E-state index contributed by atoms with van der Waals surface area (Å²) in [5, 5.41) is 24.9. The van der Waals surface area contributed by atoms with Crippen molar-refractivity contribution >= 4 is 34.5 Å². The summed E-state index contributed by atoms with van der Waals surface area (Å²) in [5.74, 6) is -1.43. The molecule has 1 aliphatic heterocycles. The predicted octanol–water partition coefficient (Wildman–Crippen LogP) is 2.53. The van der Waals surface area contributed by atoms with Crippen molar-refractivity contribution in [1.82, 2.24) is 20.8 Å². The van der Waals surface area contributed by atoms with Gasteiger partial charge in [0.25, 0.3) is 5.91 Å². The van der Waals surface area contributed by atoms with Crippen molar-refractivity contribution in [2.24, 2.45) is 0 Å². The molecule has 9 nitrogen and oxygen atoms in total. The third-order valence-electron chi connectivity index (χ3n) is 4.70. The van der Waals surface area contributed by atoms with Crippen LogP contribution >= 0.6 is 0 Å². The van der Waals surface area contributed by atoms with Gasteiger partial charge in [0.15, 0.2) is 0 Å². The number of hydrogen-bond donors (Lipinski definition) is 5. The van der Waals surface area contributed by atoms with Crippen LogP contribution < -0.4 is 16.0 Å². The van der Waals surface area contributed by atoms with Gasteiger partial charge < -0.3 is 21.1 Å². The minimum atomic E-state index is -1.05. The number of aromatic amines is 1. The van der Waals surface area contributed by atoms with E-state index in [1.807, 2.05) is 6.07 Å². The smallest absolute Gasteiger partial charge is 0.335 e. The second-order valence-electron chi connectivity index (χ2n) is 6.62. The number of hydrogen-bond acceptors (Lipinski definition) is 4. The Morgan fingerprint density at radius 3 is 2.62 bits per heavy atom. The van der Waals surface area contributed by atoms with Crippen molar-refractivity contribution in [3.8, 4) is 0 Å². The molecule has 3 aromatic rings. The minimum Gasteiger partial charge on any atom is -0.478 e. The van der Waals surface area contributed by atoms with Crippen molar-refractivity contribution in [1.29, 1.82) is 0 Å². The molecule has 0 spiro atoms. The number of anilines is 1. The Morgan fingerprint density at radius 1 is 1.14 bits per heavy atom. The number of urea groups is 1. The first kappa shape index (κ1) is 18.2. The molecule has 5 N–H and O–H groups in total. The standard InChI is InChI=1S/C20H17N5O4/c1-10-16(18(26)23-14-6-7-15-13(8-14)9-21-25-15)17(24-20(29)22-10)11-2-4-12(5-3-11)19(27)28/h2-9,17H,1H3,(H,21,25)(H,23,26)(H,27,28)(H2,22,24,29). The van der Waals surface area contributed by atoms with Crippen LogP contribution in [0.3, 0.4) is 0 Å². The molecule has 146 valence electrons. The molecule has 2 heterocycles. The fraction of sp³-hybridized carbons (Fsp3) is 0.100. The molecule has 3 amide bonds. The summed E-state index contributed by atoms with van der Waals surface area (Å²) in [6.07, 6.45) is 1.66. The highest BCUT2D eigenvalue weighted by Gasteiger charge is 2.31. The molecule has 9 heteroatoms. The number of nitrogens with one attached hydrogen (secondary N) is 4. The number of benzene rings is 2. The van der Waals surface area contributed by atoms with Crippen LogP contribution in [0.15, 0.2) is 59.9 Å². The molecule has 1 atom stereocenters. The zero-order valence-corrected chi connectivity index (χ0v) is 15.3. The SMILES string of the molecule is CC1=C(C(=O)Nc2ccc3[nH]ncc3c2)C(c2ccc(C(=O)O)cc2)NC(=O)N1. The van der Waals surface area contributed by atoms with Crippen molar-refractivity contribution in [2.75, 3.05) is 5.32 Å².